The smallest absolute Gasteiger partial charge is 0.185 e. The first-order chi connectivity index (χ1) is 10.2. The predicted octanol–water partition coefficient (Wildman–Crippen LogP) is 3.45. The number of aromatic nitrogens is 1. The molecule has 1 aromatic heterocycles. The summed E-state index contributed by atoms with van der Waals surface area (Å²) in [5, 5.41) is 4.58. The first-order valence-corrected chi connectivity index (χ1v) is 8.88. The molecule has 1 rings (SSSR count). The number of nitrogens with one attached hydrogen (secondary N) is 1. The monoisotopic (exact) mass is 313 g/mol. The van der Waals surface area contributed by atoms with E-state index in [0.717, 1.165) is 44.4 Å². The maximum atomic E-state index is 5.06. The number of nitrogens with zero attached hydrogens (tertiary/aromatic N) is 2. The Bertz CT molecular complexity index is 391. The summed E-state index contributed by atoms with van der Waals surface area (Å²) >= 11 is 1.82. The number of hydrogen-bond donors (Lipinski definition) is 1. The van der Waals surface area contributed by atoms with Gasteiger partial charge in [0.05, 0.1) is 12.3 Å². The van der Waals surface area contributed by atoms with Crippen LogP contribution in [-0.2, 0) is 11.3 Å². The van der Waals surface area contributed by atoms with Crippen LogP contribution in [0.25, 0.3) is 0 Å². The molecule has 0 unspecified atom stereocenters. The Morgan fingerprint density at radius 1 is 1.29 bits per heavy atom. The van der Waals surface area contributed by atoms with Gasteiger partial charge < -0.3 is 15.0 Å². The van der Waals surface area contributed by atoms with Crippen molar-refractivity contribution in [2.75, 3.05) is 38.3 Å². The number of rotatable bonds is 11. The second kappa shape index (κ2) is 10.1. The molecule has 5 heteroatoms. The van der Waals surface area contributed by atoms with Crippen molar-refractivity contribution in [1.29, 1.82) is 0 Å². The average molecular weight is 314 g/mol. The van der Waals surface area contributed by atoms with Crippen LogP contribution < -0.4 is 10.2 Å². The quantitative estimate of drug-likeness (QED) is 0.635. The largest absolute Gasteiger partial charge is 0.383 e. The lowest BCUT2D eigenvalue weighted by atomic mass is 10.0. The van der Waals surface area contributed by atoms with E-state index in [1.165, 1.54) is 22.9 Å². The average Bonchev–Trinajstić information content (AvgIpc) is 2.86. The molecule has 0 aliphatic heterocycles. The molecule has 0 spiro atoms. The highest BCUT2D eigenvalue weighted by Gasteiger charge is 2.15. The molecule has 0 amide bonds. The van der Waals surface area contributed by atoms with Crippen molar-refractivity contribution in [3.63, 3.8) is 0 Å². The maximum absolute atomic E-state index is 5.06. The Morgan fingerprint density at radius 3 is 2.57 bits per heavy atom. The maximum Gasteiger partial charge on any atom is 0.185 e. The van der Waals surface area contributed by atoms with E-state index in [9.17, 15) is 0 Å². The number of methoxy groups -OCH3 is 1. The first kappa shape index (κ1) is 18.4. The zero-order valence-corrected chi connectivity index (χ0v) is 15.1. The normalized spacial score (nSPS) is 11.3. The van der Waals surface area contributed by atoms with Gasteiger partial charge in [-0.1, -0.05) is 26.7 Å². The number of aryl methyl sites for hydroxylation is 1. The highest BCUT2D eigenvalue weighted by Crippen LogP contribution is 2.27. The summed E-state index contributed by atoms with van der Waals surface area (Å²) in [6.45, 7) is 13.5. The summed E-state index contributed by atoms with van der Waals surface area (Å²) in [6.07, 6.45) is 2.48. The van der Waals surface area contributed by atoms with Gasteiger partial charge in [0.15, 0.2) is 5.13 Å². The summed E-state index contributed by atoms with van der Waals surface area (Å²) in [4.78, 5) is 8.54. The molecule has 0 radical (unpaired) electrons. The Balaban J connectivity index is 2.64. The molecule has 0 saturated heterocycles. The highest BCUT2D eigenvalue weighted by atomic mass is 32.1. The van der Waals surface area contributed by atoms with Crippen LogP contribution in [0.15, 0.2) is 0 Å². The van der Waals surface area contributed by atoms with Crippen LogP contribution in [0.3, 0.4) is 0 Å². The van der Waals surface area contributed by atoms with E-state index in [1.54, 1.807) is 7.11 Å². The van der Waals surface area contributed by atoms with E-state index in [4.69, 9.17) is 9.72 Å². The molecule has 1 heterocycles. The third-order valence-corrected chi connectivity index (χ3v) is 5.15. The number of hydrogen-bond acceptors (Lipinski definition) is 5. The van der Waals surface area contributed by atoms with Crippen LogP contribution in [0.2, 0.25) is 0 Å². The second-order valence-corrected chi connectivity index (χ2v) is 6.46. The second-order valence-electron chi connectivity index (χ2n) is 5.40. The van der Waals surface area contributed by atoms with Crippen LogP contribution in [0.5, 0.6) is 0 Å². The Morgan fingerprint density at radius 2 is 2.00 bits per heavy atom. The lowest BCUT2D eigenvalue weighted by Gasteiger charge is -2.24. The first-order valence-electron chi connectivity index (χ1n) is 8.07. The van der Waals surface area contributed by atoms with Gasteiger partial charge in [-0.15, -0.1) is 11.3 Å². The topological polar surface area (TPSA) is 37.4 Å². The summed E-state index contributed by atoms with van der Waals surface area (Å²) < 4.78 is 5.06. The van der Waals surface area contributed by atoms with Crippen molar-refractivity contribution in [1.82, 2.24) is 10.3 Å². The minimum atomic E-state index is 0.750. The standard InChI is InChI=1S/C16H31N3OS/c1-6-14(7-2)12-19(8-3)16-18-13(4)15(21-16)11-17-9-10-20-5/h14,17H,6-12H2,1-5H3. The van der Waals surface area contributed by atoms with E-state index in [-0.39, 0.29) is 0 Å². The van der Waals surface area contributed by atoms with Crippen LogP contribution in [0.1, 0.15) is 44.2 Å². The van der Waals surface area contributed by atoms with Gasteiger partial charge in [0.2, 0.25) is 0 Å². The third kappa shape index (κ3) is 5.93. The van der Waals surface area contributed by atoms with Gasteiger partial charge in [-0.3, -0.25) is 0 Å². The fourth-order valence-electron chi connectivity index (χ4n) is 2.29. The lowest BCUT2D eigenvalue weighted by molar-refractivity contribution is 0.199. The van der Waals surface area contributed by atoms with Crippen LogP contribution in [0, 0.1) is 12.8 Å². The zero-order valence-electron chi connectivity index (χ0n) is 14.2. The minimum absolute atomic E-state index is 0.750. The van der Waals surface area contributed by atoms with Gasteiger partial charge in [0.1, 0.15) is 0 Å². The molecule has 122 valence electrons. The number of ether oxygens (including phenoxy) is 1. The molecule has 0 aliphatic carbocycles. The fourth-order valence-corrected chi connectivity index (χ4v) is 3.39. The van der Waals surface area contributed by atoms with Crippen LogP contribution >= 0.6 is 11.3 Å². The molecule has 0 fully saturated rings. The fraction of sp³-hybridized carbons (Fsp3) is 0.812. The number of anilines is 1. The van der Waals surface area contributed by atoms with Crippen LogP contribution in [-0.4, -0.2) is 38.3 Å². The SMILES string of the molecule is CCC(CC)CN(CC)c1nc(C)c(CNCCOC)s1. The van der Waals surface area contributed by atoms with Gasteiger partial charge in [-0.05, 0) is 19.8 Å². The lowest BCUT2D eigenvalue weighted by Crippen LogP contribution is -2.28. The molecule has 1 N–H and O–H groups in total. The van der Waals surface area contributed by atoms with Crippen LogP contribution in [0.4, 0.5) is 5.13 Å². The highest BCUT2D eigenvalue weighted by molar-refractivity contribution is 7.15. The van der Waals surface area contributed by atoms with Crippen molar-refractivity contribution >= 4 is 16.5 Å². The molecule has 4 nitrogen and oxygen atoms in total. The molecule has 0 atom stereocenters. The molecule has 1 aromatic rings. The van der Waals surface area contributed by atoms with E-state index in [2.05, 4.69) is 37.9 Å². The Hall–Kier alpha value is -0.650. The Kier molecular flexibility index (Phi) is 8.88. The molecule has 0 aromatic carbocycles. The van der Waals surface area contributed by atoms with E-state index >= 15 is 0 Å². The summed E-state index contributed by atoms with van der Waals surface area (Å²) in [7, 11) is 1.73. The van der Waals surface area contributed by atoms with E-state index < -0.39 is 0 Å². The molecular weight excluding hydrogens is 282 g/mol. The zero-order chi connectivity index (χ0) is 15.7. The van der Waals surface area contributed by atoms with Crippen molar-refractivity contribution < 1.29 is 4.74 Å². The van der Waals surface area contributed by atoms with Gasteiger partial charge in [0.25, 0.3) is 0 Å². The number of thiazole rings is 1. The molecule has 21 heavy (non-hydrogen) atoms. The summed E-state index contributed by atoms with van der Waals surface area (Å²) in [5.41, 5.74) is 1.16. The summed E-state index contributed by atoms with van der Waals surface area (Å²) in [6, 6.07) is 0. The van der Waals surface area contributed by atoms with Crippen molar-refractivity contribution in [3.05, 3.63) is 10.6 Å². The van der Waals surface area contributed by atoms with Gasteiger partial charge >= 0.3 is 0 Å². The molecule has 0 saturated carbocycles. The predicted molar refractivity (Wildman–Crippen MR) is 92.4 cm³/mol. The molecule has 0 aliphatic rings. The van der Waals surface area contributed by atoms with Crippen molar-refractivity contribution in [2.24, 2.45) is 5.92 Å². The minimum Gasteiger partial charge on any atom is -0.383 e. The van der Waals surface area contributed by atoms with Gasteiger partial charge in [0, 0.05) is 38.2 Å². The Labute approximate surface area is 133 Å². The molecule has 0 bridgehead atoms. The van der Waals surface area contributed by atoms with Crippen molar-refractivity contribution in [3.8, 4) is 0 Å². The van der Waals surface area contributed by atoms with E-state index in [1.807, 2.05) is 11.3 Å². The van der Waals surface area contributed by atoms with Gasteiger partial charge in [-0.25, -0.2) is 4.98 Å². The third-order valence-electron chi connectivity index (χ3n) is 3.94. The van der Waals surface area contributed by atoms with Gasteiger partial charge in [-0.2, -0.15) is 0 Å². The van der Waals surface area contributed by atoms with E-state index in [0.29, 0.717) is 0 Å². The molecular formula is C16H31N3OS. The van der Waals surface area contributed by atoms with Crippen molar-refractivity contribution in [2.45, 2.75) is 47.1 Å². The summed E-state index contributed by atoms with van der Waals surface area (Å²) in [5.74, 6) is 0.762.